The molecule has 1 aliphatic carbocycles. The van der Waals surface area contributed by atoms with E-state index in [1.807, 2.05) is 24.3 Å². The smallest absolute Gasteiger partial charge is 0.120 e. The van der Waals surface area contributed by atoms with Crippen molar-refractivity contribution in [1.29, 1.82) is 0 Å². The molecule has 1 aromatic carbocycles. The molecule has 1 unspecified atom stereocenters. The van der Waals surface area contributed by atoms with Crippen molar-refractivity contribution >= 4 is 0 Å². The first-order chi connectivity index (χ1) is 8.78. The normalized spacial score (nSPS) is 16.3. The highest BCUT2D eigenvalue weighted by Crippen LogP contribution is 2.20. The summed E-state index contributed by atoms with van der Waals surface area (Å²) in [5.41, 5.74) is 0. The van der Waals surface area contributed by atoms with Gasteiger partial charge in [-0.05, 0) is 50.5 Å². The van der Waals surface area contributed by atoms with Gasteiger partial charge in [-0.2, -0.15) is 0 Å². The summed E-state index contributed by atoms with van der Waals surface area (Å²) in [6.45, 7) is 5.88. The summed E-state index contributed by atoms with van der Waals surface area (Å²) >= 11 is 0. The lowest BCUT2D eigenvalue weighted by Crippen LogP contribution is -2.30. The van der Waals surface area contributed by atoms with E-state index in [1.165, 1.54) is 12.8 Å². The minimum absolute atomic E-state index is 0.202. The zero-order chi connectivity index (χ0) is 12.8. The van der Waals surface area contributed by atoms with E-state index in [4.69, 9.17) is 9.47 Å². The molecule has 1 atom stereocenters. The third kappa shape index (κ3) is 4.57. The van der Waals surface area contributed by atoms with Crippen LogP contribution in [0.25, 0.3) is 0 Å². The van der Waals surface area contributed by atoms with Gasteiger partial charge in [0.15, 0.2) is 0 Å². The van der Waals surface area contributed by atoms with Crippen LogP contribution in [0.15, 0.2) is 24.3 Å². The van der Waals surface area contributed by atoms with E-state index < -0.39 is 0 Å². The Labute approximate surface area is 109 Å². The van der Waals surface area contributed by atoms with Gasteiger partial charge in [-0.3, -0.25) is 0 Å². The highest BCUT2D eigenvalue weighted by atomic mass is 16.5. The monoisotopic (exact) mass is 249 g/mol. The first kappa shape index (κ1) is 13.2. The Kier molecular flexibility index (Phi) is 4.88. The summed E-state index contributed by atoms with van der Waals surface area (Å²) in [6, 6.07) is 8.61. The second-order valence-electron chi connectivity index (χ2n) is 4.93. The Bertz CT molecular complexity index is 346. The van der Waals surface area contributed by atoms with E-state index >= 15 is 0 Å². The van der Waals surface area contributed by atoms with Gasteiger partial charge in [-0.15, -0.1) is 0 Å². The number of hydrogen-bond donors (Lipinski definition) is 1. The maximum Gasteiger partial charge on any atom is 0.120 e. The van der Waals surface area contributed by atoms with Gasteiger partial charge in [0.1, 0.15) is 17.6 Å². The third-order valence-corrected chi connectivity index (χ3v) is 2.91. The number of rotatable bonds is 8. The molecular formula is C15H23NO2. The second kappa shape index (κ2) is 6.64. The lowest BCUT2D eigenvalue weighted by molar-refractivity contribution is 0.216. The molecule has 1 fully saturated rings. The summed E-state index contributed by atoms with van der Waals surface area (Å²) in [5.74, 6) is 1.82. The predicted octanol–water partition coefficient (Wildman–Crippen LogP) is 2.99. The Hall–Kier alpha value is -1.22. The molecule has 3 heteroatoms. The van der Waals surface area contributed by atoms with E-state index in [-0.39, 0.29) is 6.10 Å². The van der Waals surface area contributed by atoms with Crippen LogP contribution < -0.4 is 14.8 Å². The van der Waals surface area contributed by atoms with Crippen molar-refractivity contribution in [3.05, 3.63) is 24.3 Å². The van der Waals surface area contributed by atoms with Gasteiger partial charge in [-0.1, -0.05) is 6.92 Å². The molecule has 0 amide bonds. The number of benzene rings is 1. The maximum absolute atomic E-state index is 5.83. The van der Waals surface area contributed by atoms with Crippen LogP contribution in [0.3, 0.4) is 0 Å². The van der Waals surface area contributed by atoms with Gasteiger partial charge in [0.25, 0.3) is 0 Å². The van der Waals surface area contributed by atoms with Gasteiger partial charge in [0, 0.05) is 12.6 Å². The first-order valence-corrected chi connectivity index (χ1v) is 6.91. The summed E-state index contributed by atoms with van der Waals surface area (Å²) in [7, 11) is 0. The Balaban J connectivity index is 1.73. The average molecular weight is 249 g/mol. The molecule has 18 heavy (non-hydrogen) atoms. The Morgan fingerprint density at radius 3 is 2.50 bits per heavy atom. The van der Waals surface area contributed by atoms with Gasteiger partial charge in [0.2, 0.25) is 0 Å². The molecule has 0 aromatic heterocycles. The summed E-state index contributed by atoms with van der Waals surface area (Å²) in [5, 5.41) is 3.47. The SMILES string of the molecule is CCCOc1ccc(OC(C)CNC2CC2)cc1. The van der Waals surface area contributed by atoms with Crippen molar-refractivity contribution in [2.45, 2.75) is 45.3 Å². The molecular weight excluding hydrogens is 226 g/mol. The lowest BCUT2D eigenvalue weighted by Gasteiger charge is -2.15. The first-order valence-electron chi connectivity index (χ1n) is 6.91. The minimum atomic E-state index is 0.202. The van der Waals surface area contributed by atoms with Crippen molar-refractivity contribution in [2.24, 2.45) is 0 Å². The van der Waals surface area contributed by atoms with Crippen LogP contribution in [0.2, 0.25) is 0 Å². The van der Waals surface area contributed by atoms with Crippen molar-refractivity contribution in [1.82, 2.24) is 5.32 Å². The van der Waals surface area contributed by atoms with Gasteiger partial charge >= 0.3 is 0 Å². The Morgan fingerprint density at radius 2 is 1.89 bits per heavy atom. The van der Waals surface area contributed by atoms with Crippen LogP contribution in [0.5, 0.6) is 11.5 Å². The van der Waals surface area contributed by atoms with Crippen molar-refractivity contribution in [3.63, 3.8) is 0 Å². The highest BCUT2D eigenvalue weighted by molar-refractivity contribution is 5.31. The standard InChI is InChI=1S/C15H23NO2/c1-3-10-17-14-6-8-15(9-7-14)18-12(2)11-16-13-4-5-13/h6-9,12-13,16H,3-5,10-11H2,1-2H3. The molecule has 0 saturated heterocycles. The molecule has 0 spiro atoms. The van der Waals surface area contributed by atoms with Crippen LogP contribution >= 0.6 is 0 Å². The summed E-state index contributed by atoms with van der Waals surface area (Å²) < 4.78 is 11.4. The number of nitrogens with one attached hydrogen (secondary N) is 1. The maximum atomic E-state index is 5.83. The highest BCUT2D eigenvalue weighted by Gasteiger charge is 2.21. The molecule has 0 bridgehead atoms. The van der Waals surface area contributed by atoms with E-state index in [2.05, 4.69) is 19.2 Å². The zero-order valence-corrected chi connectivity index (χ0v) is 11.3. The number of hydrogen-bond acceptors (Lipinski definition) is 3. The molecule has 1 aliphatic rings. The van der Waals surface area contributed by atoms with E-state index in [0.29, 0.717) is 0 Å². The van der Waals surface area contributed by atoms with Crippen LogP contribution in [-0.4, -0.2) is 25.3 Å². The molecule has 1 N–H and O–H groups in total. The fourth-order valence-electron chi connectivity index (χ4n) is 1.73. The molecule has 2 rings (SSSR count). The Morgan fingerprint density at radius 1 is 1.22 bits per heavy atom. The molecule has 3 nitrogen and oxygen atoms in total. The minimum Gasteiger partial charge on any atom is -0.494 e. The third-order valence-electron chi connectivity index (χ3n) is 2.91. The zero-order valence-electron chi connectivity index (χ0n) is 11.3. The van der Waals surface area contributed by atoms with E-state index in [0.717, 1.165) is 37.1 Å². The molecule has 0 radical (unpaired) electrons. The molecule has 100 valence electrons. The predicted molar refractivity (Wildman–Crippen MR) is 73.3 cm³/mol. The van der Waals surface area contributed by atoms with E-state index in [9.17, 15) is 0 Å². The van der Waals surface area contributed by atoms with Crippen molar-refractivity contribution < 1.29 is 9.47 Å². The molecule has 0 aliphatic heterocycles. The molecule has 0 heterocycles. The van der Waals surface area contributed by atoms with E-state index in [1.54, 1.807) is 0 Å². The van der Waals surface area contributed by atoms with Gasteiger partial charge in [0.05, 0.1) is 6.61 Å². The van der Waals surface area contributed by atoms with Gasteiger partial charge < -0.3 is 14.8 Å². The largest absolute Gasteiger partial charge is 0.494 e. The molecule has 1 saturated carbocycles. The summed E-state index contributed by atoms with van der Waals surface area (Å²) in [4.78, 5) is 0. The van der Waals surface area contributed by atoms with Crippen molar-refractivity contribution in [3.8, 4) is 11.5 Å². The van der Waals surface area contributed by atoms with Crippen LogP contribution in [0.4, 0.5) is 0 Å². The number of ether oxygens (including phenoxy) is 2. The van der Waals surface area contributed by atoms with Crippen LogP contribution in [0, 0.1) is 0 Å². The fourth-order valence-corrected chi connectivity index (χ4v) is 1.73. The summed E-state index contributed by atoms with van der Waals surface area (Å²) in [6.07, 6.45) is 3.86. The fraction of sp³-hybridized carbons (Fsp3) is 0.600. The van der Waals surface area contributed by atoms with Crippen LogP contribution in [-0.2, 0) is 0 Å². The molecule has 1 aromatic rings. The van der Waals surface area contributed by atoms with Gasteiger partial charge in [-0.25, -0.2) is 0 Å². The quantitative estimate of drug-likeness (QED) is 0.768. The average Bonchev–Trinajstić information content (AvgIpc) is 3.20. The van der Waals surface area contributed by atoms with Crippen LogP contribution in [0.1, 0.15) is 33.1 Å². The second-order valence-corrected chi connectivity index (χ2v) is 4.93. The topological polar surface area (TPSA) is 30.5 Å². The lowest BCUT2D eigenvalue weighted by atomic mass is 10.3. The van der Waals surface area contributed by atoms with Crippen molar-refractivity contribution in [2.75, 3.05) is 13.2 Å².